The van der Waals surface area contributed by atoms with Gasteiger partial charge < -0.3 is 0 Å². The molecule has 18 heavy (non-hydrogen) atoms. The van der Waals surface area contributed by atoms with Crippen LogP contribution in [0.4, 0.5) is 0 Å². The molecule has 0 spiro atoms. The van der Waals surface area contributed by atoms with Crippen molar-refractivity contribution in [1.29, 1.82) is 0 Å². The van der Waals surface area contributed by atoms with Gasteiger partial charge in [-0.05, 0) is 68.6 Å². The van der Waals surface area contributed by atoms with Crippen LogP contribution in [0.1, 0.15) is 64.7 Å². The lowest BCUT2D eigenvalue weighted by molar-refractivity contribution is -0.0380. The van der Waals surface area contributed by atoms with E-state index in [1.54, 1.807) is 19.3 Å². The Morgan fingerprint density at radius 3 is 2.72 bits per heavy atom. The van der Waals surface area contributed by atoms with Gasteiger partial charge in [0.25, 0.3) is 0 Å². The minimum atomic E-state index is 0.405. The third-order valence-electron chi connectivity index (χ3n) is 6.97. The molecule has 0 aromatic carbocycles. The average Bonchev–Trinajstić information content (AvgIpc) is 2.80. The van der Waals surface area contributed by atoms with E-state index >= 15 is 0 Å². The molecule has 0 N–H and O–H groups in total. The van der Waals surface area contributed by atoms with Crippen LogP contribution >= 0.6 is 0 Å². The van der Waals surface area contributed by atoms with Crippen LogP contribution in [0.3, 0.4) is 0 Å². The molecule has 4 aliphatic carbocycles. The lowest BCUT2D eigenvalue weighted by Crippen LogP contribution is -2.46. The molecular formula is C18H26. The molecule has 0 heterocycles. The number of rotatable bonds is 0. The fraction of sp³-hybridized carbons (Fsp3) is 0.889. The van der Waals surface area contributed by atoms with E-state index in [4.69, 9.17) is 0 Å². The number of hydrogen-bond donors (Lipinski definition) is 0. The van der Waals surface area contributed by atoms with E-state index in [-0.39, 0.29) is 0 Å². The Bertz CT molecular complexity index is 398. The lowest BCUT2D eigenvalue weighted by Gasteiger charge is -2.54. The Morgan fingerprint density at radius 2 is 1.78 bits per heavy atom. The van der Waals surface area contributed by atoms with Gasteiger partial charge in [0.1, 0.15) is 0 Å². The van der Waals surface area contributed by atoms with E-state index in [1.165, 1.54) is 38.5 Å². The van der Waals surface area contributed by atoms with Crippen LogP contribution in [-0.2, 0) is 0 Å². The summed E-state index contributed by atoms with van der Waals surface area (Å²) in [6, 6.07) is 0. The van der Waals surface area contributed by atoms with Crippen LogP contribution in [0.2, 0.25) is 0 Å². The third kappa shape index (κ3) is 1.52. The molecule has 0 amide bonds. The molecular weight excluding hydrogens is 216 g/mol. The molecule has 3 saturated carbocycles. The standard InChI is InChI=1S/C18H26/c1-18-11-4-7-17(18)16-9-8-13-5-2-3-6-14(13)15(16)10-12-18/h13-17H,2-3,5-10,12H2,1H3/t13?,14-,15+,16+,17-,18-/m0/s1. The molecule has 0 aliphatic heterocycles. The maximum atomic E-state index is 3.59. The monoisotopic (exact) mass is 242 g/mol. The van der Waals surface area contributed by atoms with Crippen molar-refractivity contribution in [1.82, 2.24) is 0 Å². The third-order valence-corrected chi connectivity index (χ3v) is 6.97. The summed E-state index contributed by atoms with van der Waals surface area (Å²) in [4.78, 5) is 0. The van der Waals surface area contributed by atoms with Gasteiger partial charge in [-0.1, -0.05) is 25.2 Å². The molecule has 4 rings (SSSR count). The Kier molecular flexibility index (Phi) is 2.55. The SMILES string of the molecule is C[C@@]12C#CC[C@H]1[C@@H]1CCC3CCCC[C@@H]3[C@H]1CC2. The fourth-order valence-corrected chi connectivity index (χ4v) is 6.04. The van der Waals surface area contributed by atoms with Gasteiger partial charge in [-0.2, -0.15) is 0 Å². The molecule has 4 aliphatic rings. The van der Waals surface area contributed by atoms with E-state index in [1.807, 2.05) is 0 Å². The topological polar surface area (TPSA) is 0 Å². The first-order valence-corrected chi connectivity index (χ1v) is 8.28. The van der Waals surface area contributed by atoms with Gasteiger partial charge >= 0.3 is 0 Å². The normalized spacial score (nSPS) is 53.7. The summed E-state index contributed by atoms with van der Waals surface area (Å²) < 4.78 is 0. The Hall–Kier alpha value is -0.440. The maximum absolute atomic E-state index is 3.59. The van der Waals surface area contributed by atoms with Crippen LogP contribution in [0.15, 0.2) is 0 Å². The summed E-state index contributed by atoms with van der Waals surface area (Å²) >= 11 is 0. The van der Waals surface area contributed by atoms with Crippen molar-refractivity contribution >= 4 is 0 Å². The summed E-state index contributed by atoms with van der Waals surface area (Å²) in [5.74, 6) is 12.2. The van der Waals surface area contributed by atoms with Crippen molar-refractivity contribution in [2.75, 3.05) is 0 Å². The maximum Gasteiger partial charge on any atom is 0.0326 e. The van der Waals surface area contributed by atoms with Gasteiger partial charge in [-0.25, -0.2) is 0 Å². The van der Waals surface area contributed by atoms with Gasteiger partial charge in [0, 0.05) is 11.8 Å². The molecule has 0 bridgehead atoms. The Labute approximate surface area is 112 Å². The highest BCUT2D eigenvalue weighted by atomic mass is 14.6. The van der Waals surface area contributed by atoms with Crippen LogP contribution in [0, 0.1) is 46.8 Å². The summed E-state index contributed by atoms with van der Waals surface area (Å²) in [5.41, 5.74) is 0.405. The van der Waals surface area contributed by atoms with Gasteiger partial charge in [0.05, 0.1) is 0 Å². The first-order valence-electron chi connectivity index (χ1n) is 8.28. The molecule has 0 heteroatoms. The number of fused-ring (bicyclic) bond motifs is 5. The predicted octanol–water partition coefficient (Wildman–Crippen LogP) is 4.64. The van der Waals surface area contributed by atoms with Crippen molar-refractivity contribution in [3.8, 4) is 11.8 Å². The summed E-state index contributed by atoms with van der Waals surface area (Å²) in [6.45, 7) is 2.46. The zero-order chi connectivity index (χ0) is 12.2. The highest BCUT2D eigenvalue weighted by Gasteiger charge is 2.51. The predicted molar refractivity (Wildman–Crippen MR) is 74.9 cm³/mol. The minimum Gasteiger partial charge on any atom is -0.102 e. The summed E-state index contributed by atoms with van der Waals surface area (Å²) in [5, 5.41) is 0. The first kappa shape index (κ1) is 11.4. The largest absolute Gasteiger partial charge is 0.102 e. The molecule has 0 saturated heterocycles. The van der Waals surface area contributed by atoms with Crippen molar-refractivity contribution in [2.24, 2.45) is 35.0 Å². The molecule has 98 valence electrons. The van der Waals surface area contributed by atoms with Crippen molar-refractivity contribution in [3.63, 3.8) is 0 Å². The summed E-state index contributed by atoms with van der Waals surface area (Å²) in [6.07, 6.45) is 13.3. The van der Waals surface area contributed by atoms with E-state index in [9.17, 15) is 0 Å². The lowest BCUT2D eigenvalue weighted by atomic mass is 9.50. The molecule has 0 aromatic heterocycles. The average molecular weight is 242 g/mol. The van der Waals surface area contributed by atoms with Gasteiger partial charge in [0.15, 0.2) is 0 Å². The highest BCUT2D eigenvalue weighted by molar-refractivity contribution is 5.23. The fourth-order valence-electron chi connectivity index (χ4n) is 6.04. The van der Waals surface area contributed by atoms with Gasteiger partial charge in [0.2, 0.25) is 0 Å². The van der Waals surface area contributed by atoms with Crippen LogP contribution < -0.4 is 0 Å². The van der Waals surface area contributed by atoms with Crippen LogP contribution in [0.25, 0.3) is 0 Å². The minimum absolute atomic E-state index is 0.405. The Balaban J connectivity index is 1.60. The highest BCUT2D eigenvalue weighted by Crippen LogP contribution is 2.59. The summed E-state index contributed by atoms with van der Waals surface area (Å²) in [7, 11) is 0. The van der Waals surface area contributed by atoms with Crippen LogP contribution in [-0.4, -0.2) is 0 Å². The number of hydrogen-bond acceptors (Lipinski definition) is 0. The zero-order valence-corrected chi connectivity index (χ0v) is 11.8. The quantitative estimate of drug-likeness (QED) is 0.543. The van der Waals surface area contributed by atoms with E-state index in [0.29, 0.717) is 5.41 Å². The Morgan fingerprint density at radius 1 is 0.889 bits per heavy atom. The van der Waals surface area contributed by atoms with Gasteiger partial charge in [-0.3, -0.25) is 0 Å². The second kappa shape index (κ2) is 4.03. The van der Waals surface area contributed by atoms with E-state index < -0.39 is 0 Å². The van der Waals surface area contributed by atoms with E-state index in [0.717, 1.165) is 29.6 Å². The molecule has 6 atom stereocenters. The molecule has 0 nitrogen and oxygen atoms in total. The van der Waals surface area contributed by atoms with Crippen LogP contribution in [0.5, 0.6) is 0 Å². The second-order valence-corrected chi connectivity index (χ2v) is 7.68. The molecule has 1 unspecified atom stereocenters. The molecule has 0 radical (unpaired) electrons. The smallest absolute Gasteiger partial charge is 0.0326 e. The first-order chi connectivity index (χ1) is 8.78. The van der Waals surface area contributed by atoms with Crippen molar-refractivity contribution < 1.29 is 0 Å². The molecule has 0 aromatic rings. The zero-order valence-electron chi connectivity index (χ0n) is 11.8. The van der Waals surface area contributed by atoms with Gasteiger partial charge in [-0.15, -0.1) is 5.92 Å². The van der Waals surface area contributed by atoms with Crippen molar-refractivity contribution in [3.05, 3.63) is 0 Å². The van der Waals surface area contributed by atoms with Crippen molar-refractivity contribution in [2.45, 2.75) is 64.7 Å². The molecule has 3 fully saturated rings. The second-order valence-electron chi connectivity index (χ2n) is 7.68. The van der Waals surface area contributed by atoms with E-state index in [2.05, 4.69) is 18.8 Å².